The van der Waals surface area contributed by atoms with Gasteiger partial charge in [0.2, 0.25) is 5.96 Å². The Morgan fingerprint density at radius 1 is 0.522 bits per heavy atom. The Hall–Kier alpha value is -7.77. The first-order chi connectivity index (χ1) is 31.2. The molecular weight excluding hydrogens is 963 g/mol. The molecule has 0 saturated heterocycles. The maximum Gasteiger partial charge on any atom is 0.318 e. The van der Waals surface area contributed by atoms with E-state index in [2.05, 4.69) is 53.3 Å². The second-order valence-corrected chi connectivity index (χ2v) is 19.3. The number of hydrogen-bond acceptors (Lipinski definition) is 16. The van der Waals surface area contributed by atoms with Gasteiger partial charge >= 0.3 is 12.1 Å². The summed E-state index contributed by atoms with van der Waals surface area (Å²) in [5, 5.41) is 25.4. The molecule has 0 spiro atoms. The van der Waals surface area contributed by atoms with Crippen LogP contribution in [-0.2, 0) is 40.5 Å². The average molecular weight is 996 g/mol. The van der Waals surface area contributed by atoms with Crippen molar-refractivity contribution in [2.24, 2.45) is 36.9 Å². The van der Waals surface area contributed by atoms with Crippen molar-refractivity contribution in [3.8, 4) is 0 Å². The second-order valence-electron chi connectivity index (χ2n) is 13.8. The molecule has 29 heteroatoms. The summed E-state index contributed by atoms with van der Waals surface area (Å²) in [6.45, 7) is 5.42. The van der Waals surface area contributed by atoms with E-state index in [0.717, 1.165) is 42.5 Å². The van der Waals surface area contributed by atoms with Crippen molar-refractivity contribution in [1.29, 1.82) is 0 Å². The molecule has 0 saturated carbocycles. The SMILES string of the molecule is C=C(N=C(NC(N)=O)Nc1ccc(N=Nc2cc(S(=O)(=O)O)c3cccc(S(=O)(=O)O)c3c2)c(C)c1)Nc1ccc(N=Nc2cc(S(=O)(=O)O)c3cccc(S(=O)(=O)O)c3c2)c(NC(N)=O)c1. The van der Waals surface area contributed by atoms with Crippen LogP contribution in [0, 0.1) is 6.92 Å². The molecule has 348 valence electrons. The quantitative estimate of drug-likeness (QED) is 0.0251. The van der Waals surface area contributed by atoms with Crippen LogP contribution >= 0.6 is 0 Å². The van der Waals surface area contributed by atoms with Crippen molar-refractivity contribution < 1.29 is 61.5 Å². The number of aryl methyl sites for hydroxylation is 1. The average Bonchev–Trinajstić information content (AvgIpc) is 3.20. The number of guanidine groups is 1. The number of azo groups is 2. The first-order valence-corrected chi connectivity index (χ1v) is 24.0. The summed E-state index contributed by atoms with van der Waals surface area (Å²) in [4.78, 5) is 25.3. The van der Waals surface area contributed by atoms with Crippen molar-refractivity contribution in [1.82, 2.24) is 5.32 Å². The number of fused-ring (bicyclic) bond motifs is 2. The number of nitrogens with zero attached hydrogens (tertiary/aromatic N) is 5. The standard InChI is InChI=1S/C38H33N11O14S4/c1-19-13-21(9-11-29(19)48-46-23-14-27-25(34(17-23)66(58,59)60)5-3-7-32(27)64(52,53)54)43-38(45-37(40)51)42-20(2)41-22-10-12-30(31(16-22)44-36(39)50)49-47-24-15-28-26(35(18-24)67(61,62)63)6-4-8-33(28)65(55,56)57/h3-18,41H,2H2,1H3,(H3,39,44,50)(H,52,53,54)(H,55,56,57)(H,58,59,60)(H,61,62,63)(H4,40,42,43,45,51). The zero-order chi connectivity index (χ0) is 49.2. The van der Waals surface area contributed by atoms with E-state index in [1.54, 1.807) is 6.92 Å². The Bertz CT molecular complexity index is 3640. The van der Waals surface area contributed by atoms with Crippen molar-refractivity contribution in [3.63, 3.8) is 0 Å². The Morgan fingerprint density at radius 3 is 1.43 bits per heavy atom. The maximum absolute atomic E-state index is 12.2. The molecule has 67 heavy (non-hydrogen) atoms. The Labute approximate surface area is 379 Å². The predicted octanol–water partition coefficient (Wildman–Crippen LogP) is 6.63. The van der Waals surface area contributed by atoms with Crippen molar-refractivity contribution in [2.45, 2.75) is 26.5 Å². The van der Waals surface area contributed by atoms with E-state index in [-0.39, 0.29) is 67.4 Å². The summed E-state index contributed by atoms with van der Waals surface area (Å²) >= 11 is 0. The predicted molar refractivity (Wildman–Crippen MR) is 243 cm³/mol. The van der Waals surface area contributed by atoms with Crippen LogP contribution in [0.1, 0.15) is 5.56 Å². The highest BCUT2D eigenvalue weighted by Gasteiger charge is 2.23. The molecule has 0 atom stereocenters. The van der Waals surface area contributed by atoms with E-state index in [9.17, 15) is 61.5 Å². The normalized spacial score (nSPS) is 12.7. The van der Waals surface area contributed by atoms with Gasteiger partial charge < -0.3 is 27.4 Å². The van der Waals surface area contributed by atoms with E-state index in [4.69, 9.17) is 11.5 Å². The third-order valence-corrected chi connectivity index (χ3v) is 12.6. The molecule has 4 amide bonds. The van der Waals surface area contributed by atoms with Crippen LogP contribution in [0.15, 0.2) is 154 Å². The van der Waals surface area contributed by atoms with Crippen LogP contribution in [0.5, 0.6) is 0 Å². The van der Waals surface area contributed by atoms with Crippen LogP contribution in [0.25, 0.3) is 21.5 Å². The van der Waals surface area contributed by atoms with E-state index in [1.165, 1.54) is 54.6 Å². The van der Waals surface area contributed by atoms with Crippen LogP contribution in [-0.4, -0.2) is 69.9 Å². The molecule has 0 radical (unpaired) electrons. The lowest BCUT2D eigenvalue weighted by molar-refractivity contribution is 0.253. The van der Waals surface area contributed by atoms with Gasteiger partial charge in [0.25, 0.3) is 40.5 Å². The summed E-state index contributed by atoms with van der Waals surface area (Å²) in [7, 11) is -19.6. The monoisotopic (exact) mass is 995 g/mol. The fraction of sp³-hybridized carbons (Fsp3) is 0.0263. The lowest BCUT2D eigenvalue weighted by atomic mass is 10.1. The van der Waals surface area contributed by atoms with Gasteiger partial charge in [-0.3, -0.25) is 23.5 Å². The number of rotatable bonds is 13. The smallest absolute Gasteiger partial charge is 0.318 e. The Morgan fingerprint density at radius 2 is 0.985 bits per heavy atom. The van der Waals surface area contributed by atoms with E-state index in [0.29, 0.717) is 11.3 Å². The third kappa shape index (κ3) is 11.9. The molecule has 6 aromatic rings. The lowest BCUT2D eigenvalue weighted by Crippen LogP contribution is -2.39. The number of carbonyl (C=O) groups is 2. The molecule has 6 rings (SSSR count). The number of hydrogen-bond donors (Lipinski definition) is 10. The fourth-order valence-corrected chi connectivity index (χ4v) is 9.13. The second kappa shape index (κ2) is 18.6. The number of nitrogens with two attached hydrogens (primary N) is 2. The van der Waals surface area contributed by atoms with Gasteiger partial charge in [-0.1, -0.05) is 30.8 Å². The van der Waals surface area contributed by atoms with E-state index in [1.807, 2.05) is 0 Å². The first-order valence-electron chi connectivity index (χ1n) is 18.2. The molecule has 0 aliphatic heterocycles. The van der Waals surface area contributed by atoms with Crippen molar-refractivity contribution in [2.75, 3.05) is 16.0 Å². The van der Waals surface area contributed by atoms with Gasteiger partial charge in [-0.25, -0.2) is 9.59 Å². The van der Waals surface area contributed by atoms with Crippen LogP contribution in [0.4, 0.5) is 49.4 Å². The summed E-state index contributed by atoms with van der Waals surface area (Å²) in [6.07, 6.45) is 0. The summed E-state index contributed by atoms with van der Waals surface area (Å²) in [5.41, 5.74) is 11.3. The van der Waals surface area contributed by atoms with Crippen LogP contribution in [0.2, 0.25) is 0 Å². The molecule has 25 nitrogen and oxygen atoms in total. The summed E-state index contributed by atoms with van der Waals surface area (Å²) in [5.74, 6) is -0.377. The van der Waals surface area contributed by atoms with Gasteiger partial charge in [-0.05, 0) is 85.3 Å². The van der Waals surface area contributed by atoms with Crippen molar-refractivity contribution in [3.05, 3.63) is 115 Å². The zero-order valence-corrected chi connectivity index (χ0v) is 37.1. The number of carbonyl (C=O) groups excluding carboxylic acids is 2. The largest absolute Gasteiger partial charge is 0.351 e. The number of primary amides is 2. The minimum absolute atomic E-state index is 0.0717. The van der Waals surface area contributed by atoms with E-state index >= 15 is 0 Å². The van der Waals surface area contributed by atoms with Crippen LogP contribution < -0.4 is 32.7 Å². The Balaban J connectivity index is 1.24. The summed E-state index contributed by atoms with van der Waals surface area (Å²) < 4.78 is 136. The first kappa shape index (κ1) is 48.7. The molecule has 0 bridgehead atoms. The molecular formula is C38H33N11O14S4. The minimum Gasteiger partial charge on any atom is -0.351 e. The Kier molecular flexibility index (Phi) is 13.5. The highest BCUT2D eigenvalue weighted by Crippen LogP contribution is 2.37. The highest BCUT2D eigenvalue weighted by molar-refractivity contribution is 7.87. The number of urea groups is 2. The highest BCUT2D eigenvalue weighted by atomic mass is 32.2. The number of nitrogens with one attached hydrogen (secondary N) is 4. The van der Waals surface area contributed by atoms with Gasteiger partial charge in [-0.15, -0.1) is 5.11 Å². The van der Waals surface area contributed by atoms with Gasteiger partial charge in [0.1, 0.15) is 31.1 Å². The molecule has 0 aromatic heterocycles. The molecule has 0 unspecified atom stereocenters. The fourth-order valence-electron chi connectivity index (χ4n) is 6.28. The van der Waals surface area contributed by atoms with Crippen LogP contribution in [0.3, 0.4) is 0 Å². The van der Waals surface area contributed by atoms with E-state index < -0.39 is 72.1 Å². The van der Waals surface area contributed by atoms with Gasteiger partial charge in [0.15, 0.2) is 0 Å². The van der Waals surface area contributed by atoms with Crippen molar-refractivity contribution >= 4 is 120 Å². The minimum atomic E-state index is -4.96. The number of amides is 4. The number of benzene rings is 6. The topological polar surface area (TPSA) is 414 Å². The molecule has 0 heterocycles. The van der Waals surface area contributed by atoms with Gasteiger partial charge in [0, 0.05) is 32.9 Å². The molecule has 12 N–H and O–H groups in total. The number of aliphatic imine (C=N–C) groups is 1. The third-order valence-electron chi connectivity index (χ3n) is 8.95. The van der Waals surface area contributed by atoms with Gasteiger partial charge in [-0.2, -0.15) is 54.0 Å². The molecule has 0 aliphatic rings. The zero-order valence-electron chi connectivity index (χ0n) is 33.8. The number of anilines is 3. The molecule has 6 aromatic carbocycles. The summed E-state index contributed by atoms with van der Waals surface area (Å²) in [6, 6.07) is 17.3. The molecule has 0 aliphatic carbocycles. The maximum atomic E-state index is 12.2. The lowest BCUT2D eigenvalue weighted by Gasteiger charge is -2.14. The van der Waals surface area contributed by atoms with Gasteiger partial charge in [0.05, 0.1) is 22.7 Å². The molecule has 0 fully saturated rings.